The molecular formula is C23H28N6O3S. The molecule has 1 amide bonds. The average Bonchev–Trinajstić information content (AvgIpc) is 2.79. The highest BCUT2D eigenvalue weighted by molar-refractivity contribution is 7.98. The quantitative estimate of drug-likeness (QED) is 0.262. The number of rotatable bonds is 10. The van der Waals surface area contributed by atoms with Crippen molar-refractivity contribution in [1.82, 2.24) is 15.3 Å². The van der Waals surface area contributed by atoms with E-state index in [0.29, 0.717) is 29.6 Å². The topological polar surface area (TPSA) is 125 Å². The first-order valence-corrected chi connectivity index (χ1v) is 11.9. The lowest BCUT2D eigenvalue weighted by Gasteiger charge is -2.24. The number of carbonyl (C=O) groups excluding carboxylic acids is 1. The Kier molecular flexibility index (Phi) is 7.70. The Bertz CT molecular complexity index is 1180. The number of hydrogen-bond acceptors (Lipinski definition) is 9. The van der Waals surface area contributed by atoms with Crippen molar-refractivity contribution < 1.29 is 4.79 Å². The second-order valence-corrected chi connectivity index (χ2v) is 9.46. The number of nitrogens with one attached hydrogen (secondary N) is 4. The van der Waals surface area contributed by atoms with Crippen LogP contribution in [0.1, 0.15) is 37.6 Å². The molecule has 1 heterocycles. The zero-order chi connectivity index (χ0) is 24.0. The maximum Gasteiger partial charge on any atom is 0.253 e. The molecule has 0 aliphatic heterocycles. The van der Waals surface area contributed by atoms with Crippen LogP contribution in [-0.2, 0) is 0 Å². The van der Waals surface area contributed by atoms with Crippen molar-refractivity contribution >= 4 is 46.5 Å². The van der Waals surface area contributed by atoms with E-state index in [1.807, 2.05) is 27.0 Å². The fourth-order valence-corrected chi connectivity index (χ4v) is 3.41. The van der Waals surface area contributed by atoms with E-state index in [1.54, 1.807) is 42.1 Å². The molecule has 0 atom stereocenters. The Balaban J connectivity index is 1.64. The highest BCUT2D eigenvalue weighted by Gasteiger charge is 2.25. The van der Waals surface area contributed by atoms with Gasteiger partial charge in [0.2, 0.25) is 5.95 Å². The van der Waals surface area contributed by atoms with Crippen molar-refractivity contribution in [3.8, 4) is 0 Å². The highest BCUT2D eigenvalue weighted by Crippen LogP contribution is 2.23. The number of aromatic nitrogens is 2. The number of nitrogens with zero attached hydrogens (tertiary/aromatic N) is 2. The Hall–Kier alpha value is -3.40. The van der Waals surface area contributed by atoms with Crippen LogP contribution in [0, 0.1) is 0 Å². The van der Waals surface area contributed by atoms with Gasteiger partial charge in [-0.2, -0.15) is 16.7 Å². The van der Waals surface area contributed by atoms with Crippen molar-refractivity contribution in [3.05, 3.63) is 62.5 Å². The monoisotopic (exact) mass is 468 g/mol. The summed E-state index contributed by atoms with van der Waals surface area (Å²) < 4.78 is 0. The predicted octanol–water partition coefficient (Wildman–Crippen LogP) is 3.25. The number of amides is 1. The summed E-state index contributed by atoms with van der Waals surface area (Å²) in [6, 6.07) is 8.59. The van der Waals surface area contributed by atoms with Gasteiger partial charge in [-0.1, -0.05) is 0 Å². The van der Waals surface area contributed by atoms with Crippen molar-refractivity contribution in [2.24, 2.45) is 0 Å². The van der Waals surface area contributed by atoms with Gasteiger partial charge >= 0.3 is 0 Å². The minimum Gasteiger partial charge on any atom is -0.375 e. The third kappa shape index (κ3) is 6.55. The van der Waals surface area contributed by atoms with E-state index in [4.69, 9.17) is 0 Å². The van der Waals surface area contributed by atoms with Crippen molar-refractivity contribution in [3.63, 3.8) is 0 Å². The van der Waals surface area contributed by atoms with Crippen LogP contribution in [0.3, 0.4) is 0 Å². The van der Waals surface area contributed by atoms with E-state index in [0.717, 1.165) is 12.2 Å². The first kappa shape index (κ1) is 24.2. The van der Waals surface area contributed by atoms with E-state index in [9.17, 15) is 14.4 Å². The van der Waals surface area contributed by atoms with Gasteiger partial charge in [0.15, 0.2) is 0 Å². The largest absolute Gasteiger partial charge is 0.375 e. The number of benzene rings is 1. The van der Waals surface area contributed by atoms with Crippen LogP contribution in [0.5, 0.6) is 0 Å². The second-order valence-electron chi connectivity index (χ2n) is 8.48. The van der Waals surface area contributed by atoms with Crippen molar-refractivity contribution in [2.45, 2.75) is 32.7 Å². The molecule has 0 unspecified atom stereocenters. The van der Waals surface area contributed by atoms with Gasteiger partial charge in [0.05, 0.1) is 0 Å². The fourth-order valence-electron chi connectivity index (χ4n) is 2.98. The van der Waals surface area contributed by atoms with Gasteiger partial charge in [0.25, 0.3) is 16.8 Å². The Labute approximate surface area is 196 Å². The molecular weight excluding hydrogens is 440 g/mol. The zero-order valence-electron chi connectivity index (χ0n) is 19.1. The van der Waals surface area contributed by atoms with Crippen molar-refractivity contribution in [1.29, 1.82) is 0 Å². The van der Waals surface area contributed by atoms with Gasteiger partial charge in [-0.3, -0.25) is 14.4 Å². The predicted molar refractivity (Wildman–Crippen MR) is 135 cm³/mol. The lowest BCUT2D eigenvalue weighted by molar-refractivity contribution is 0.0954. The van der Waals surface area contributed by atoms with E-state index in [1.165, 1.54) is 6.20 Å². The van der Waals surface area contributed by atoms with E-state index in [-0.39, 0.29) is 22.8 Å². The summed E-state index contributed by atoms with van der Waals surface area (Å²) in [5.41, 5.74) is 0.213. The zero-order valence-corrected chi connectivity index (χ0v) is 19.9. The molecule has 3 aromatic rings. The molecule has 2 aromatic carbocycles. The standard InChI is InChI=1S/C23H28N6O3S/c1-23(2,3)29-18-17(19(30)20(18)31)27-16-10-12-25-22(28-16)26-15-8-6-14(7-9-15)21(32)24-11-5-13-33-4/h6-10,12,29H,5,11,13H2,1-4H3,(H,24,32)(H2,25,26,27,28). The van der Waals surface area contributed by atoms with Gasteiger partial charge in [-0.25, -0.2) is 4.98 Å². The molecule has 0 bridgehead atoms. The molecule has 0 aliphatic carbocycles. The molecule has 0 spiro atoms. The smallest absolute Gasteiger partial charge is 0.253 e. The number of thioether (sulfide) groups is 1. The minimum absolute atomic E-state index is 0.113. The lowest BCUT2D eigenvalue weighted by Crippen LogP contribution is -2.41. The molecule has 1 aromatic heterocycles. The lowest BCUT2D eigenvalue weighted by atomic mass is 10.1. The Morgan fingerprint density at radius 2 is 1.70 bits per heavy atom. The molecule has 0 saturated heterocycles. The number of hydrogen-bond donors (Lipinski definition) is 4. The minimum atomic E-state index is -0.586. The van der Waals surface area contributed by atoms with Crippen LogP contribution >= 0.6 is 11.8 Å². The van der Waals surface area contributed by atoms with E-state index in [2.05, 4.69) is 31.2 Å². The second kappa shape index (κ2) is 10.5. The molecule has 0 radical (unpaired) electrons. The molecule has 0 aliphatic rings. The molecule has 10 heteroatoms. The van der Waals surface area contributed by atoms with Crippen LogP contribution in [-0.4, -0.2) is 40.0 Å². The molecule has 3 rings (SSSR count). The SMILES string of the molecule is CSCCCNC(=O)c1ccc(Nc2nccc(Nc3c(NC(C)(C)C)c(=O)c3=O)n2)cc1. The van der Waals surface area contributed by atoms with Gasteiger partial charge in [-0.05, 0) is 69.5 Å². The number of anilines is 5. The maximum atomic E-state index is 12.2. The molecule has 9 nitrogen and oxygen atoms in total. The summed E-state index contributed by atoms with van der Waals surface area (Å²) in [4.78, 5) is 44.7. The van der Waals surface area contributed by atoms with Gasteiger partial charge in [-0.15, -0.1) is 0 Å². The molecule has 0 fully saturated rings. The maximum absolute atomic E-state index is 12.2. The summed E-state index contributed by atoms with van der Waals surface area (Å²) in [6.45, 7) is 6.35. The van der Waals surface area contributed by atoms with E-state index >= 15 is 0 Å². The Morgan fingerprint density at radius 1 is 1.00 bits per heavy atom. The summed E-state index contributed by atoms with van der Waals surface area (Å²) >= 11 is 1.75. The number of carbonyl (C=O) groups is 1. The molecule has 174 valence electrons. The molecule has 4 N–H and O–H groups in total. The molecule has 0 saturated carbocycles. The summed E-state index contributed by atoms with van der Waals surface area (Å²) in [5, 5.41) is 11.9. The van der Waals surface area contributed by atoms with Gasteiger partial charge in [0.1, 0.15) is 17.2 Å². The fraction of sp³-hybridized carbons (Fsp3) is 0.348. The Morgan fingerprint density at radius 3 is 2.36 bits per heavy atom. The third-order valence-corrected chi connectivity index (χ3v) is 5.23. The first-order chi connectivity index (χ1) is 15.7. The van der Waals surface area contributed by atoms with Gasteiger partial charge in [0, 0.05) is 29.5 Å². The summed E-state index contributed by atoms with van der Waals surface area (Å²) in [6.07, 6.45) is 4.50. The average molecular weight is 469 g/mol. The van der Waals surface area contributed by atoms with Gasteiger partial charge < -0.3 is 21.3 Å². The molecule has 33 heavy (non-hydrogen) atoms. The summed E-state index contributed by atoms with van der Waals surface area (Å²) in [5.74, 6) is 1.57. The third-order valence-electron chi connectivity index (χ3n) is 4.53. The van der Waals surface area contributed by atoms with E-state index < -0.39 is 10.9 Å². The summed E-state index contributed by atoms with van der Waals surface area (Å²) in [7, 11) is 0. The van der Waals surface area contributed by atoms with Crippen LogP contribution in [0.2, 0.25) is 0 Å². The van der Waals surface area contributed by atoms with Crippen LogP contribution in [0.15, 0.2) is 46.1 Å². The normalized spacial score (nSPS) is 11.3. The van der Waals surface area contributed by atoms with Crippen LogP contribution in [0.4, 0.5) is 28.8 Å². The van der Waals surface area contributed by atoms with Crippen molar-refractivity contribution in [2.75, 3.05) is 34.5 Å². The highest BCUT2D eigenvalue weighted by atomic mass is 32.2. The van der Waals surface area contributed by atoms with Crippen LogP contribution < -0.4 is 32.1 Å². The first-order valence-electron chi connectivity index (χ1n) is 10.5. The van der Waals surface area contributed by atoms with Crippen LogP contribution in [0.25, 0.3) is 0 Å².